The van der Waals surface area contributed by atoms with Crippen molar-refractivity contribution in [2.24, 2.45) is 4.99 Å². The Morgan fingerprint density at radius 3 is 2.81 bits per heavy atom. The minimum absolute atomic E-state index is 0.0172. The molecule has 0 radical (unpaired) electrons. The minimum Gasteiger partial charge on any atom is -0.298 e. The molecule has 0 saturated heterocycles. The number of alkyl halides is 3. The number of dihydropyridines is 1. The van der Waals surface area contributed by atoms with Gasteiger partial charge in [-0.1, -0.05) is 0 Å². The number of aliphatic imine (C=N–C) groups is 1. The summed E-state index contributed by atoms with van der Waals surface area (Å²) in [6, 6.07) is 0. The fourth-order valence-corrected chi connectivity index (χ4v) is 1.61. The quantitative estimate of drug-likeness (QED) is 0.398. The Bertz CT molecular complexity index is 476. The van der Waals surface area contributed by atoms with E-state index in [2.05, 4.69) is 4.99 Å². The molecule has 0 N–H and O–H groups in total. The van der Waals surface area contributed by atoms with Gasteiger partial charge in [-0.15, -0.1) is 0 Å². The van der Waals surface area contributed by atoms with Gasteiger partial charge in [0.2, 0.25) is 0 Å². The highest BCUT2D eigenvalue weighted by molar-refractivity contribution is 6.30. The molecule has 0 aromatic heterocycles. The molecular formula is C10H5ClF3NO. The van der Waals surface area contributed by atoms with Crippen LogP contribution >= 0.6 is 11.6 Å². The largest absolute Gasteiger partial charge is 0.328 e. The van der Waals surface area contributed by atoms with Crippen LogP contribution in [0, 0.1) is 0 Å². The van der Waals surface area contributed by atoms with E-state index < -0.39 is 17.3 Å². The van der Waals surface area contributed by atoms with Crippen molar-refractivity contribution in [3.05, 3.63) is 35.2 Å². The van der Waals surface area contributed by atoms with Crippen LogP contribution in [0.4, 0.5) is 13.2 Å². The van der Waals surface area contributed by atoms with E-state index in [1.165, 1.54) is 0 Å². The van der Waals surface area contributed by atoms with Gasteiger partial charge in [0.25, 0.3) is 0 Å². The van der Waals surface area contributed by atoms with Crippen molar-refractivity contribution in [3.63, 3.8) is 0 Å². The van der Waals surface area contributed by atoms with Crippen LogP contribution < -0.4 is 0 Å². The Kier molecular flexibility index (Phi) is 2.50. The molecular weight excluding hydrogens is 243 g/mol. The number of hydrogen-bond donors (Lipinski definition) is 0. The van der Waals surface area contributed by atoms with Gasteiger partial charge in [-0.3, -0.25) is 4.79 Å². The van der Waals surface area contributed by atoms with Crippen LogP contribution in [0.5, 0.6) is 0 Å². The van der Waals surface area contributed by atoms with Crippen LogP contribution in [0.2, 0.25) is 0 Å². The molecule has 0 aromatic rings. The van der Waals surface area contributed by atoms with E-state index in [-0.39, 0.29) is 16.9 Å². The zero-order valence-corrected chi connectivity index (χ0v) is 8.51. The monoisotopic (exact) mass is 247 g/mol. The Morgan fingerprint density at radius 2 is 2.19 bits per heavy atom. The third kappa shape index (κ3) is 1.71. The van der Waals surface area contributed by atoms with Crippen LogP contribution in [-0.2, 0) is 4.79 Å². The smallest absolute Gasteiger partial charge is 0.298 e. The molecule has 1 aliphatic carbocycles. The van der Waals surface area contributed by atoms with Crippen molar-refractivity contribution >= 4 is 23.6 Å². The first-order chi connectivity index (χ1) is 7.44. The maximum Gasteiger partial charge on any atom is 0.328 e. The van der Waals surface area contributed by atoms with Crippen molar-refractivity contribution in [2.45, 2.75) is 11.4 Å². The van der Waals surface area contributed by atoms with Gasteiger partial charge in [0.05, 0.1) is 5.71 Å². The third-order valence-electron chi connectivity index (χ3n) is 2.17. The van der Waals surface area contributed by atoms with Crippen LogP contribution in [-0.4, -0.2) is 23.4 Å². The molecule has 84 valence electrons. The van der Waals surface area contributed by atoms with E-state index in [1.54, 1.807) is 0 Å². The van der Waals surface area contributed by atoms with Crippen LogP contribution in [0.3, 0.4) is 0 Å². The standard InChI is InChI=1S/C10H5ClF3NO/c11-10(14)8(13)3-5-1-7(12)2-6(4-16)9(5)15-10/h1-4,7H. The number of allylic oxidation sites excluding steroid dienone is 5. The van der Waals surface area contributed by atoms with E-state index in [4.69, 9.17) is 11.6 Å². The van der Waals surface area contributed by atoms with Gasteiger partial charge in [-0.25, -0.2) is 13.8 Å². The number of carbonyl (C=O) groups excluding carboxylic acids is 1. The molecule has 0 amide bonds. The number of hydrogen-bond acceptors (Lipinski definition) is 2. The van der Waals surface area contributed by atoms with E-state index in [0.29, 0.717) is 6.29 Å². The second-order valence-electron chi connectivity index (χ2n) is 3.30. The highest BCUT2D eigenvalue weighted by Crippen LogP contribution is 2.37. The lowest BCUT2D eigenvalue weighted by Crippen LogP contribution is -2.26. The summed E-state index contributed by atoms with van der Waals surface area (Å²) in [5.74, 6) is -1.33. The lowest BCUT2D eigenvalue weighted by molar-refractivity contribution is -0.104. The number of halogens is 4. The number of rotatable bonds is 1. The van der Waals surface area contributed by atoms with Gasteiger partial charge < -0.3 is 0 Å². The number of carbonyl (C=O) groups is 1. The van der Waals surface area contributed by atoms with Crippen LogP contribution in [0.25, 0.3) is 0 Å². The van der Waals surface area contributed by atoms with Crippen molar-refractivity contribution in [3.8, 4) is 0 Å². The molecule has 1 heterocycles. The van der Waals surface area contributed by atoms with Gasteiger partial charge in [0.15, 0.2) is 12.1 Å². The Hall–Kier alpha value is -1.36. The zero-order valence-electron chi connectivity index (χ0n) is 7.75. The fraction of sp³-hybridized carbons (Fsp3) is 0.200. The highest BCUT2D eigenvalue weighted by atomic mass is 35.5. The number of aldehydes is 1. The summed E-state index contributed by atoms with van der Waals surface area (Å²) in [7, 11) is 0. The molecule has 16 heavy (non-hydrogen) atoms. The van der Waals surface area contributed by atoms with Crippen molar-refractivity contribution in [2.75, 3.05) is 0 Å². The molecule has 0 saturated carbocycles. The molecule has 6 heteroatoms. The summed E-state index contributed by atoms with van der Waals surface area (Å²) in [6.07, 6.45) is 1.51. The second-order valence-corrected chi connectivity index (χ2v) is 3.80. The molecule has 2 nitrogen and oxygen atoms in total. The first kappa shape index (κ1) is 11.1. The Balaban J connectivity index is 2.54. The summed E-state index contributed by atoms with van der Waals surface area (Å²) in [6.45, 7) is 0. The van der Waals surface area contributed by atoms with Gasteiger partial charge in [0, 0.05) is 11.1 Å². The third-order valence-corrected chi connectivity index (χ3v) is 2.44. The average molecular weight is 248 g/mol. The van der Waals surface area contributed by atoms with Gasteiger partial charge in [-0.2, -0.15) is 4.39 Å². The lowest BCUT2D eigenvalue weighted by Gasteiger charge is -2.22. The first-order valence-corrected chi connectivity index (χ1v) is 4.71. The molecule has 2 unspecified atom stereocenters. The van der Waals surface area contributed by atoms with Gasteiger partial charge in [-0.05, 0) is 29.8 Å². The SMILES string of the molecule is O=CC1=CC(F)C=C2C=C(F)C(F)(Cl)N=C12. The van der Waals surface area contributed by atoms with E-state index in [1.807, 2.05) is 0 Å². The molecule has 1 aliphatic heterocycles. The van der Waals surface area contributed by atoms with Crippen molar-refractivity contribution in [1.29, 1.82) is 0 Å². The van der Waals surface area contributed by atoms with Crippen molar-refractivity contribution < 1.29 is 18.0 Å². The normalized spacial score (nSPS) is 33.1. The number of nitrogens with zero attached hydrogens (tertiary/aromatic N) is 1. The summed E-state index contributed by atoms with van der Waals surface area (Å²) >= 11 is 5.14. The molecule has 0 bridgehead atoms. The summed E-state index contributed by atoms with van der Waals surface area (Å²) in [5, 5.41) is -3.02. The Labute approximate surface area is 93.8 Å². The van der Waals surface area contributed by atoms with E-state index >= 15 is 0 Å². The molecule has 0 spiro atoms. The molecule has 0 aromatic carbocycles. The minimum atomic E-state index is -3.02. The highest BCUT2D eigenvalue weighted by Gasteiger charge is 2.38. The molecule has 0 fully saturated rings. The average Bonchev–Trinajstić information content (AvgIpc) is 2.19. The van der Waals surface area contributed by atoms with Crippen LogP contribution in [0.1, 0.15) is 0 Å². The van der Waals surface area contributed by atoms with E-state index in [9.17, 15) is 18.0 Å². The maximum absolute atomic E-state index is 13.3. The fourth-order valence-electron chi connectivity index (χ4n) is 1.47. The van der Waals surface area contributed by atoms with Gasteiger partial charge in [0.1, 0.15) is 6.17 Å². The predicted octanol–water partition coefficient (Wildman–Crippen LogP) is 2.56. The summed E-state index contributed by atoms with van der Waals surface area (Å²) < 4.78 is 39.4. The summed E-state index contributed by atoms with van der Waals surface area (Å²) in [5.41, 5.74) is -0.261. The van der Waals surface area contributed by atoms with E-state index in [0.717, 1.165) is 18.2 Å². The first-order valence-electron chi connectivity index (χ1n) is 4.33. The lowest BCUT2D eigenvalue weighted by atomic mass is 9.93. The molecule has 2 atom stereocenters. The Morgan fingerprint density at radius 1 is 1.50 bits per heavy atom. The van der Waals surface area contributed by atoms with Gasteiger partial charge >= 0.3 is 5.25 Å². The molecule has 2 rings (SSSR count). The topological polar surface area (TPSA) is 29.4 Å². The van der Waals surface area contributed by atoms with Crippen molar-refractivity contribution in [1.82, 2.24) is 0 Å². The molecule has 2 aliphatic rings. The predicted molar refractivity (Wildman–Crippen MR) is 53.4 cm³/mol. The van der Waals surface area contributed by atoms with Crippen LogP contribution in [0.15, 0.2) is 40.2 Å². The maximum atomic E-state index is 13.3. The number of fused-ring (bicyclic) bond motifs is 1. The second kappa shape index (κ2) is 3.59. The zero-order chi connectivity index (χ0) is 11.9. The summed E-state index contributed by atoms with van der Waals surface area (Å²) in [4.78, 5) is 13.9.